The summed E-state index contributed by atoms with van der Waals surface area (Å²) in [5.74, 6) is -4.49. The third-order valence-electron chi connectivity index (χ3n) is 2.67. The highest BCUT2D eigenvalue weighted by molar-refractivity contribution is 5.79. The second-order valence-electron chi connectivity index (χ2n) is 3.80. The van der Waals surface area contributed by atoms with Gasteiger partial charge < -0.3 is 4.74 Å². The molecule has 2 rings (SSSR count). The fourth-order valence-corrected chi connectivity index (χ4v) is 1.80. The maximum absolute atomic E-state index is 13.7. The Morgan fingerprint density at radius 3 is 2.65 bits per heavy atom. The van der Waals surface area contributed by atoms with E-state index >= 15 is 0 Å². The summed E-state index contributed by atoms with van der Waals surface area (Å²) in [5.41, 5.74) is -0.0211. The van der Waals surface area contributed by atoms with Crippen LogP contribution in [0.15, 0.2) is 12.1 Å². The summed E-state index contributed by atoms with van der Waals surface area (Å²) >= 11 is 0. The molecule has 0 saturated heterocycles. The first-order chi connectivity index (χ1) is 9.62. The van der Waals surface area contributed by atoms with Crippen molar-refractivity contribution in [1.29, 1.82) is 0 Å². The third-order valence-corrected chi connectivity index (χ3v) is 2.67. The van der Waals surface area contributed by atoms with E-state index in [1.807, 2.05) is 0 Å². The molecule has 0 bridgehead atoms. The van der Waals surface area contributed by atoms with Crippen LogP contribution in [-0.4, -0.2) is 12.9 Å². The Kier molecular flexibility index (Phi) is 2.21. The molecular formula is C13H14F2O2. The summed E-state index contributed by atoms with van der Waals surface area (Å²) in [7, 11) is 1.11. The van der Waals surface area contributed by atoms with E-state index in [2.05, 4.69) is 4.74 Å². The number of benzene rings is 1. The Morgan fingerprint density at radius 2 is 2.06 bits per heavy atom. The van der Waals surface area contributed by atoms with Gasteiger partial charge in [0.25, 0.3) is 0 Å². The Balaban J connectivity index is 2.50. The smallest absolute Gasteiger partial charge is 0.190 e. The Morgan fingerprint density at radius 1 is 1.41 bits per heavy atom. The van der Waals surface area contributed by atoms with E-state index in [1.165, 1.54) is 0 Å². The van der Waals surface area contributed by atoms with Crippen molar-refractivity contribution in [2.24, 2.45) is 0 Å². The van der Waals surface area contributed by atoms with E-state index in [1.54, 1.807) is 0 Å². The molecule has 2 nitrogen and oxygen atoms in total. The first kappa shape index (κ1) is 7.80. The van der Waals surface area contributed by atoms with Gasteiger partial charge in [-0.2, -0.15) is 0 Å². The van der Waals surface area contributed by atoms with Crippen LogP contribution < -0.4 is 4.74 Å². The molecule has 0 N–H and O–H groups in total. The van der Waals surface area contributed by atoms with Gasteiger partial charge in [0.15, 0.2) is 17.4 Å². The minimum atomic E-state index is -2.69. The average Bonchev–Trinajstić information content (AvgIpc) is 2.36. The van der Waals surface area contributed by atoms with Gasteiger partial charge in [-0.05, 0) is 36.4 Å². The first-order valence-electron chi connectivity index (χ1n) is 7.19. The molecule has 0 radical (unpaired) electrons. The van der Waals surface area contributed by atoms with Crippen molar-refractivity contribution >= 4 is 5.78 Å². The molecule has 92 valence electrons. The number of ketones is 1. The normalized spacial score (nSPS) is 29.8. The predicted molar refractivity (Wildman–Crippen MR) is 59.1 cm³/mol. The van der Waals surface area contributed by atoms with Crippen LogP contribution in [0, 0.1) is 11.6 Å². The van der Waals surface area contributed by atoms with Gasteiger partial charge in [-0.3, -0.25) is 4.79 Å². The quantitative estimate of drug-likeness (QED) is 0.798. The van der Waals surface area contributed by atoms with Crippen molar-refractivity contribution in [3.8, 4) is 5.75 Å². The molecule has 1 saturated carbocycles. The number of Topliss-reactive ketones (excluding diaryl/α,β-unsaturated/α-hetero) is 1. The summed E-state index contributed by atoms with van der Waals surface area (Å²) in [6, 6.07) is 1.85. The van der Waals surface area contributed by atoms with E-state index in [9.17, 15) is 13.6 Å². The summed E-state index contributed by atoms with van der Waals surface area (Å²) in [5, 5.41) is 0. The standard InChI is InChI=1S/C13H14F2O2/c1-17-13-11(14)6-9(7-12(13)15)8-2-4-10(16)5-3-8/h6-8H,2-5H2,1H3/i2D2,4D2. The fourth-order valence-electron chi connectivity index (χ4n) is 1.80. The highest BCUT2D eigenvalue weighted by Gasteiger charge is 2.22. The van der Waals surface area contributed by atoms with Gasteiger partial charge in [-0.15, -0.1) is 0 Å². The summed E-state index contributed by atoms with van der Waals surface area (Å²) in [4.78, 5) is 11.6. The summed E-state index contributed by atoms with van der Waals surface area (Å²) in [6.45, 7) is 0. The average molecular weight is 244 g/mol. The zero-order valence-electron chi connectivity index (χ0n) is 13.2. The monoisotopic (exact) mass is 244 g/mol. The lowest BCUT2D eigenvalue weighted by Crippen LogP contribution is -2.13. The van der Waals surface area contributed by atoms with E-state index in [-0.39, 0.29) is 18.4 Å². The maximum Gasteiger partial charge on any atom is 0.190 e. The predicted octanol–water partition coefficient (Wildman–Crippen LogP) is 3.20. The molecule has 0 amide bonds. The minimum Gasteiger partial charge on any atom is -0.491 e. The van der Waals surface area contributed by atoms with Crippen molar-refractivity contribution in [2.45, 2.75) is 31.5 Å². The molecule has 1 aliphatic rings. The number of ether oxygens (including phenoxy) is 1. The zero-order valence-corrected chi connectivity index (χ0v) is 9.22. The molecule has 17 heavy (non-hydrogen) atoms. The molecule has 0 heterocycles. The highest BCUT2D eigenvalue weighted by Crippen LogP contribution is 2.34. The van der Waals surface area contributed by atoms with Crippen LogP contribution in [0.1, 0.15) is 42.6 Å². The SMILES string of the molecule is [2H]C1([2H])C(=O)CCC(c2cc(F)c(OC)c(F)c2)C1([2H])[2H]. The van der Waals surface area contributed by atoms with Crippen LogP contribution >= 0.6 is 0 Å². The van der Waals surface area contributed by atoms with E-state index in [0.717, 1.165) is 19.2 Å². The van der Waals surface area contributed by atoms with Gasteiger partial charge in [-0.25, -0.2) is 8.78 Å². The highest BCUT2D eigenvalue weighted by atomic mass is 19.1. The Labute approximate surface area is 104 Å². The molecule has 4 heteroatoms. The van der Waals surface area contributed by atoms with Crippen LogP contribution in [0.3, 0.4) is 0 Å². The second-order valence-corrected chi connectivity index (χ2v) is 3.80. The molecule has 0 spiro atoms. The number of hydrogen-bond acceptors (Lipinski definition) is 2. The molecular weight excluding hydrogens is 226 g/mol. The van der Waals surface area contributed by atoms with Gasteiger partial charge in [0.05, 0.1) is 7.11 Å². The molecule has 0 aliphatic heterocycles. The van der Waals surface area contributed by atoms with Crippen molar-refractivity contribution in [3.05, 3.63) is 29.3 Å². The number of methoxy groups -OCH3 is 1. The zero-order chi connectivity index (χ0) is 16.0. The molecule has 0 aromatic heterocycles. The molecule has 1 unspecified atom stereocenters. The van der Waals surface area contributed by atoms with Crippen molar-refractivity contribution in [3.63, 3.8) is 0 Å². The Hall–Kier alpha value is -1.45. The number of carbonyl (C=O) groups is 1. The van der Waals surface area contributed by atoms with Crippen LogP contribution in [-0.2, 0) is 4.79 Å². The number of carbonyl (C=O) groups excluding carboxylic acids is 1. The van der Waals surface area contributed by atoms with E-state index < -0.39 is 41.8 Å². The molecule has 1 aliphatic carbocycles. The van der Waals surface area contributed by atoms with E-state index in [0.29, 0.717) is 0 Å². The fraction of sp³-hybridized carbons (Fsp3) is 0.462. The molecule has 1 aromatic rings. The van der Waals surface area contributed by atoms with Crippen LogP contribution in [0.5, 0.6) is 5.75 Å². The molecule has 1 aromatic carbocycles. The lowest BCUT2D eigenvalue weighted by atomic mass is 9.83. The number of rotatable bonds is 2. The van der Waals surface area contributed by atoms with Crippen LogP contribution in [0.25, 0.3) is 0 Å². The van der Waals surface area contributed by atoms with Gasteiger partial charge in [0.1, 0.15) is 5.78 Å². The minimum absolute atomic E-state index is 0.00342. The summed E-state index contributed by atoms with van der Waals surface area (Å²) < 4.78 is 63.1. The largest absolute Gasteiger partial charge is 0.491 e. The van der Waals surface area contributed by atoms with Gasteiger partial charge in [0, 0.05) is 18.3 Å². The van der Waals surface area contributed by atoms with Crippen LogP contribution in [0.2, 0.25) is 0 Å². The lowest BCUT2D eigenvalue weighted by molar-refractivity contribution is -0.120. The maximum atomic E-state index is 13.7. The lowest BCUT2D eigenvalue weighted by Gasteiger charge is -2.21. The Bertz CT molecular complexity index is 567. The second kappa shape index (κ2) is 4.82. The first-order valence-corrected chi connectivity index (χ1v) is 5.19. The van der Waals surface area contributed by atoms with Gasteiger partial charge in [-0.1, -0.05) is 0 Å². The van der Waals surface area contributed by atoms with Gasteiger partial charge >= 0.3 is 0 Å². The number of hydrogen-bond donors (Lipinski definition) is 0. The topological polar surface area (TPSA) is 26.3 Å². The van der Waals surface area contributed by atoms with Gasteiger partial charge in [0.2, 0.25) is 0 Å². The summed E-state index contributed by atoms with van der Waals surface area (Å²) in [6.07, 6.45) is -5.42. The molecule has 1 fully saturated rings. The van der Waals surface area contributed by atoms with Crippen molar-refractivity contribution in [1.82, 2.24) is 0 Å². The van der Waals surface area contributed by atoms with Crippen molar-refractivity contribution < 1.29 is 23.8 Å². The van der Waals surface area contributed by atoms with Crippen LogP contribution in [0.4, 0.5) is 8.78 Å². The van der Waals surface area contributed by atoms with Crippen molar-refractivity contribution in [2.75, 3.05) is 7.11 Å². The molecule has 1 atom stereocenters. The third kappa shape index (κ3) is 2.46. The van der Waals surface area contributed by atoms with E-state index in [4.69, 9.17) is 5.48 Å². The number of halogens is 2.